The number of rotatable bonds is 5. The summed E-state index contributed by atoms with van der Waals surface area (Å²) < 4.78 is 5.61. The fraction of sp³-hybridized carbons (Fsp3) is 0. The molecule has 9 nitrogen and oxygen atoms in total. The lowest BCUT2D eigenvalue weighted by atomic mass is 10.0. The summed E-state index contributed by atoms with van der Waals surface area (Å²) in [4.78, 5) is 43.1. The van der Waals surface area contributed by atoms with Gasteiger partial charge in [0.2, 0.25) is 0 Å². The van der Waals surface area contributed by atoms with Gasteiger partial charge in [0.05, 0.1) is 34.9 Å². The van der Waals surface area contributed by atoms with Crippen LogP contribution in [-0.4, -0.2) is 28.1 Å². The average Bonchev–Trinajstić information content (AvgIpc) is 3.31. The Balaban J connectivity index is 1.64. The molecule has 0 unspecified atom stereocenters. The second-order valence-electron chi connectivity index (χ2n) is 6.14. The van der Waals surface area contributed by atoms with Crippen molar-refractivity contribution in [1.29, 1.82) is 0 Å². The van der Waals surface area contributed by atoms with Gasteiger partial charge in [0, 0.05) is 5.56 Å². The Labute approximate surface area is 162 Å². The van der Waals surface area contributed by atoms with Crippen LogP contribution in [0, 0.1) is 0 Å². The van der Waals surface area contributed by atoms with Gasteiger partial charge in [-0.3, -0.25) is 4.99 Å². The number of carbonyl (C=O) groups excluding carboxylic acids is 2. The molecule has 0 saturated heterocycles. The SMILES string of the molecule is O=C([O-])c1cc(C(=O)[O-])cc(-c2ccc(C=Nc3ccc4[nH]c(=O)[nH]c4c3)o2)c1. The van der Waals surface area contributed by atoms with Crippen molar-refractivity contribution in [2.24, 2.45) is 4.99 Å². The van der Waals surface area contributed by atoms with Crippen molar-refractivity contribution in [3.63, 3.8) is 0 Å². The summed E-state index contributed by atoms with van der Waals surface area (Å²) in [5.41, 5.74) is 1.17. The topological polar surface area (TPSA) is 154 Å². The van der Waals surface area contributed by atoms with Crippen LogP contribution in [0.15, 0.2) is 62.7 Å². The highest BCUT2D eigenvalue weighted by Crippen LogP contribution is 2.25. The number of imidazole rings is 1. The summed E-state index contributed by atoms with van der Waals surface area (Å²) in [5, 5.41) is 22.2. The first-order valence-electron chi connectivity index (χ1n) is 8.33. The molecule has 4 rings (SSSR count). The zero-order valence-electron chi connectivity index (χ0n) is 14.6. The fourth-order valence-corrected chi connectivity index (χ4v) is 2.82. The second kappa shape index (κ2) is 6.97. The van der Waals surface area contributed by atoms with E-state index < -0.39 is 11.9 Å². The van der Waals surface area contributed by atoms with Crippen LogP contribution in [0.2, 0.25) is 0 Å². The number of fused-ring (bicyclic) bond motifs is 1. The molecule has 144 valence electrons. The molecule has 2 aromatic carbocycles. The van der Waals surface area contributed by atoms with Crippen molar-refractivity contribution in [2.45, 2.75) is 0 Å². The zero-order chi connectivity index (χ0) is 20.5. The molecule has 0 bridgehead atoms. The Morgan fingerprint density at radius 3 is 2.28 bits per heavy atom. The third-order valence-corrected chi connectivity index (χ3v) is 4.16. The van der Waals surface area contributed by atoms with Gasteiger partial charge in [0.15, 0.2) is 0 Å². The van der Waals surface area contributed by atoms with Crippen molar-refractivity contribution in [3.05, 3.63) is 75.9 Å². The van der Waals surface area contributed by atoms with Gasteiger partial charge in [-0.15, -0.1) is 0 Å². The third-order valence-electron chi connectivity index (χ3n) is 4.16. The molecule has 2 aromatic heterocycles. The number of furan rings is 1. The van der Waals surface area contributed by atoms with E-state index in [0.29, 0.717) is 22.5 Å². The van der Waals surface area contributed by atoms with Crippen LogP contribution in [0.3, 0.4) is 0 Å². The largest absolute Gasteiger partial charge is 0.545 e. The van der Waals surface area contributed by atoms with Gasteiger partial charge in [-0.25, -0.2) is 4.79 Å². The number of H-pyrrole nitrogens is 2. The van der Waals surface area contributed by atoms with Crippen LogP contribution in [0.5, 0.6) is 0 Å². The molecule has 29 heavy (non-hydrogen) atoms. The summed E-state index contributed by atoms with van der Waals surface area (Å²) in [7, 11) is 0. The van der Waals surface area contributed by atoms with Crippen LogP contribution in [0.1, 0.15) is 26.5 Å². The first kappa shape index (κ1) is 18.0. The Kier molecular flexibility index (Phi) is 4.32. The number of nitrogens with one attached hydrogen (secondary N) is 2. The number of aromatic amines is 2. The maximum Gasteiger partial charge on any atom is 0.323 e. The number of carboxylic acids is 2. The number of benzene rings is 2. The number of carboxylic acid groups (broad SMARTS) is 2. The van der Waals surface area contributed by atoms with E-state index in [2.05, 4.69) is 15.0 Å². The van der Waals surface area contributed by atoms with Gasteiger partial charge < -0.3 is 34.2 Å². The zero-order valence-corrected chi connectivity index (χ0v) is 14.6. The molecule has 0 aliphatic carbocycles. The molecule has 4 aromatic rings. The highest BCUT2D eigenvalue weighted by molar-refractivity contribution is 5.94. The van der Waals surface area contributed by atoms with E-state index in [1.807, 2.05) is 0 Å². The van der Waals surface area contributed by atoms with E-state index in [1.54, 1.807) is 30.3 Å². The number of hydrogen-bond donors (Lipinski definition) is 2. The fourth-order valence-electron chi connectivity index (χ4n) is 2.82. The molecule has 0 amide bonds. The highest BCUT2D eigenvalue weighted by atomic mass is 16.4. The van der Waals surface area contributed by atoms with Gasteiger partial charge in [0.25, 0.3) is 0 Å². The quantitative estimate of drug-likeness (QED) is 0.476. The molecule has 0 aliphatic rings. The summed E-state index contributed by atoms with van der Waals surface area (Å²) in [6.07, 6.45) is 1.44. The minimum Gasteiger partial charge on any atom is -0.545 e. The highest BCUT2D eigenvalue weighted by Gasteiger charge is 2.09. The standard InChI is InChI=1S/C20H13N3O6/c24-18(25)11-5-10(6-12(7-11)19(26)27)17-4-2-14(29-17)9-21-13-1-3-15-16(8-13)23-20(28)22-15/h1-9H,(H,24,25)(H,26,27)(H2,22,23,28)/p-2. The molecule has 0 fully saturated rings. The predicted octanol–water partition coefficient (Wildman–Crippen LogP) is 0.594. The third kappa shape index (κ3) is 3.69. The molecular formula is C20H11N3O6-2. The van der Waals surface area contributed by atoms with Gasteiger partial charge in [-0.1, -0.05) is 0 Å². The number of aliphatic imine (C=N–C) groups is 1. The summed E-state index contributed by atoms with van der Waals surface area (Å²) in [5.74, 6) is -2.42. The van der Waals surface area contributed by atoms with Crippen LogP contribution in [0.25, 0.3) is 22.4 Å². The van der Waals surface area contributed by atoms with Crippen LogP contribution in [0.4, 0.5) is 5.69 Å². The lowest BCUT2D eigenvalue weighted by molar-refractivity contribution is -0.255. The van der Waals surface area contributed by atoms with Crippen molar-refractivity contribution < 1.29 is 24.2 Å². The molecule has 9 heteroatoms. The molecular weight excluding hydrogens is 378 g/mol. The second-order valence-corrected chi connectivity index (χ2v) is 6.14. The van der Waals surface area contributed by atoms with Crippen molar-refractivity contribution >= 4 is 34.9 Å². The minimum absolute atomic E-state index is 0.247. The molecule has 0 atom stereocenters. The minimum atomic E-state index is -1.51. The first-order chi connectivity index (χ1) is 13.9. The Morgan fingerprint density at radius 1 is 0.897 bits per heavy atom. The summed E-state index contributed by atoms with van der Waals surface area (Å²) >= 11 is 0. The molecule has 2 heterocycles. The first-order valence-corrected chi connectivity index (χ1v) is 8.33. The normalized spacial score (nSPS) is 11.3. The summed E-state index contributed by atoms with van der Waals surface area (Å²) in [6.45, 7) is 0. The Hall–Kier alpha value is -4.40. The lowest BCUT2D eigenvalue weighted by Gasteiger charge is -2.09. The Morgan fingerprint density at radius 2 is 1.59 bits per heavy atom. The van der Waals surface area contributed by atoms with E-state index in [4.69, 9.17) is 4.42 Å². The molecule has 0 radical (unpaired) electrons. The van der Waals surface area contributed by atoms with E-state index >= 15 is 0 Å². The smallest absolute Gasteiger partial charge is 0.323 e. The van der Waals surface area contributed by atoms with Gasteiger partial charge in [0.1, 0.15) is 11.5 Å². The molecule has 0 aliphatic heterocycles. The van der Waals surface area contributed by atoms with E-state index in [1.165, 1.54) is 18.3 Å². The van der Waals surface area contributed by atoms with Gasteiger partial charge >= 0.3 is 5.69 Å². The summed E-state index contributed by atoms with van der Waals surface area (Å²) in [6, 6.07) is 11.7. The maximum atomic E-state index is 11.3. The number of hydrogen-bond acceptors (Lipinski definition) is 7. The molecule has 2 N–H and O–H groups in total. The lowest BCUT2D eigenvalue weighted by Crippen LogP contribution is -2.25. The van der Waals surface area contributed by atoms with E-state index in [-0.39, 0.29) is 28.1 Å². The van der Waals surface area contributed by atoms with Crippen LogP contribution >= 0.6 is 0 Å². The number of aromatic carboxylic acids is 2. The monoisotopic (exact) mass is 389 g/mol. The van der Waals surface area contributed by atoms with Gasteiger partial charge in [-0.05, 0) is 59.7 Å². The van der Waals surface area contributed by atoms with Gasteiger partial charge in [-0.2, -0.15) is 0 Å². The number of aromatic nitrogens is 2. The number of carbonyl (C=O) groups is 2. The average molecular weight is 389 g/mol. The van der Waals surface area contributed by atoms with Crippen LogP contribution < -0.4 is 15.9 Å². The maximum absolute atomic E-state index is 11.3. The molecule has 0 spiro atoms. The van der Waals surface area contributed by atoms with Crippen molar-refractivity contribution in [3.8, 4) is 11.3 Å². The Bertz CT molecular complexity index is 1310. The molecule has 0 saturated carbocycles. The van der Waals surface area contributed by atoms with E-state index in [9.17, 15) is 24.6 Å². The number of nitrogens with zero attached hydrogens (tertiary/aromatic N) is 1. The van der Waals surface area contributed by atoms with Crippen molar-refractivity contribution in [2.75, 3.05) is 0 Å². The van der Waals surface area contributed by atoms with E-state index in [0.717, 1.165) is 6.07 Å². The predicted molar refractivity (Wildman–Crippen MR) is 99.0 cm³/mol. The van der Waals surface area contributed by atoms with Crippen molar-refractivity contribution in [1.82, 2.24) is 9.97 Å². The van der Waals surface area contributed by atoms with Crippen LogP contribution in [-0.2, 0) is 0 Å².